The number of hydrogen-bond donors (Lipinski definition) is 0. The van der Waals surface area contributed by atoms with E-state index in [4.69, 9.17) is 0 Å². The first-order chi connectivity index (χ1) is 12.2. The van der Waals surface area contributed by atoms with Crippen LogP contribution in [0.15, 0.2) is 12.1 Å². The summed E-state index contributed by atoms with van der Waals surface area (Å²) in [5.74, 6) is 2.19. The number of nitrogens with zero attached hydrogens (tertiary/aromatic N) is 6. The zero-order chi connectivity index (χ0) is 17.0. The van der Waals surface area contributed by atoms with E-state index in [2.05, 4.69) is 25.1 Å². The van der Waals surface area contributed by atoms with Gasteiger partial charge in [-0.3, -0.25) is 4.90 Å². The van der Waals surface area contributed by atoms with E-state index in [0.717, 1.165) is 49.9 Å². The highest BCUT2D eigenvalue weighted by molar-refractivity contribution is 5.46. The SMILES string of the molecule is FC(F)c1nnc2ccc(N3CCN([C@H]4C[C@H]5CC[C@H]4C5)CC3)nn12. The molecule has 3 fully saturated rings. The van der Waals surface area contributed by atoms with Crippen LogP contribution in [-0.4, -0.2) is 56.9 Å². The highest BCUT2D eigenvalue weighted by atomic mass is 19.3. The van der Waals surface area contributed by atoms with Gasteiger partial charge in [0.25, 0.3) is 6.43 Å². The molecule has 3 heterocycles. The van der Waals surface area contributed by atoms with E-state index in [1.807, 2.05) is 6.07 Å². The molecule has 3 atom stereocenters. The average molecular weight is 348 g/mol. The lowest BCUT2D eigenvalue weighted by atomic mass is 9.93. The quantitative estimate of drug-likeness (QED) is 0.852. The second-order valence-corrected chi connectivity index (χ2v) is 7.59. The van der Waals surface area contributed by atoms with Gasteiger partial charge in [0.15, 0.2) is 5.65 Å². The summed E-state index contributed by atoms with van der Waals surface area (Å²) in [7, 11) is 0. The highest BCUT2D eigenvalue weighted by Crippen LogP contribution is 2.46. The summed E-state index contributed by atoms with van der Waals surface area (Å²) >= 11 is 0. The third-order valence-corrected chi connectivity index (χ3v) is 6.28. The number of hydrogen-bond acceptors (Lipinski definition) is 5. The van der Waals surface area contributed by atoms with Gasteiger partial charge in [-0.1, -0.05) is 6.42 Å². The maximum Gasteiger partial charge on any atom is 0.299 e. The van der Waals surface area contributed by atoms with Crippen molar-refractivity contribution in [2.24, 2.45) is 11.8 Å². The number of piperazine rings is 1. The topological polar surface area (TPSA) is 49.6 Å². The van der Waals surface area contributed by atoms with Crippen molar-refractivity contribution in [3.63, 3.8) is 0 Å². The van der Waals surface area contributed by atoms with Crippen LogP contribution < -0.4 is 4.90 Å². The molecule has 0 unspecified atom stereocenters. The molecule has 1 saturated heterocycles. The molecule has 1 aliphatic heterocycles. The predicted molar refractivity (Wildman–Crippen MR) is 88.8 cm³/mol. The largest absolute Gasteiger partial charge is 0.353 e. The van der Waals surface area contributed by atoms with Crippen molar-refractivity contribution in [3.8, 4) is 0 Å². The van der Waals surface area contributed by atoms with Gasteiger partial charge < -0.3 is 4.90 Å². The monoisotopic (exact) mass is 348 g/mol. The highest BCUT2D eigenvalue weighted by Gasteiger charge is 2.42. The maximum absolute atomic E-state index is 13.0. The molecule has 0 amide bonds. The summed E-state index contributed by atoms with van der Waals surface area (Å²) in [5.41, 5.74) is 0.361. The number of rotatable bonds is 3. The minimum absolute atomic E-state index is 0.361. The van der Waals surface area contributed by atoms with Crippen molar-refractivity contribution in [2.45, 2.75) is 38.2 Å². The van der Waals surface area contributed by atoms with Crippen LogP contribution in [-0.2, 0) is 0 Å². The molecule has 3 aliphatic rings. The number of fused-ring (bicyclic) bond motifs is 3. The molecule has 5 rings (SSSR count). The molecule has 0 spiro atoms. The minimum Gasteiger partial charge on any atom is -0.353 e. The normalized spacial score (nSPS) is 30.0. The third-order valence-electron chi connectivity index (χ3n) is 6.28. The Labute approximate surface area is 144 Å². The van der Waals surface area contributed by atoms with Gasteiger partial charge in [0.05, 0.1) is 0 Å². The van der Waals surface area contributed by atoms with E-state index in [1.54, 1.807) is 6.07 Å². The summed E-state index contributed by atoms with van der Waals surface area (Å²) in [6, 6.07) is 4.33. The molecule has 2 aromatic rings. The van der Waals surface area contributed by atoms with Gasteiger partial charge in [-0.15, -0.1) is 15.3 Å². The van der Waals surface area contributed by atoms with Crippen LogP contribution >= 0.6 is 0 Å². The molecule has 0 radical (unpaired) electrons. The summed E-state index contributed by atoms with van der Waals surface area (Å²) < 4.78 is 27.2. The Hall–Kier alpha value is -1.83. The third kappa shape index (κ3) is 2.58. The summed E-state index contributed by atoms with van der Waals surface area (Å²) in [4.78, 5) is 4.82. The predicted octanol–water partition coefficient (Wildman–Crippen LogP) is 2.37. The van der Waals surface area contributed by atoms with E-state index in [0.29, 0.717) is 5.65 Å². The van der Waals surface area contributed by atoms with E-state index in [1.165, 1.54) is 30.2 Å². The van der Waals surface area contributed by atoms with Crippen LogP contribution in [0.5, 0.6) is 0 Å². The molecule has 2 saturated carbocycles. The Bertz CT molecular complexity index is 770. The molecule has 2 bridgehead atoms. The Morgan fingerprint density at radius 2 is 1.84 bits per heavy atom. The minimum atomic E-state index is -2.67. The molecular formula is C17H22F2N6. The van der Waals surface area contributed by atoms with Crippen molar-refractivity contribution in [3.05, 3.63) is 18.0 Å². The van der Waals surface area contributed by atoms with Crippen LogP contribution in [0, 0.1) is 11.8 Å². The van der Waals surface area contributed by atoms with E-state index in [9.17, 15) is 8.78 Å². The van der Waals surface area contributed by atoms with Crippen LogP contribution in [0.3, 0.4) is 0 Å². The van der Waals surface area contributed by atoms with Gasteiger partial charge in [-0.05, 0) is 43.2 Å². The summed E-state index contributed by atoms with van der Waals surface area (Å²) in [6.45, 7) is 3.83. The van der Waals surface area contributed by atoms with Crippen LogP contribution in [0.2, 0.25) is 0 Å². The molecule has 6 nitrogen and oxygen atoms in total. The second kappa shape index (κ2) is 5.86. The zero-order valence-electron chi connectivity index (χ0n) is 14.1. The van der Waals surface area contributed by atoms with Gasteiger partial charge in [0, 0.05) is 32.2 Å². The number of alkyl halides is 2. The lowest BCUT2D eigenvalue weighted by molar-refractivity contribution is 0.134. The van der Waals surface area contributed by atoms with Crippen LogP contribution in [0.4, 0.5) is 14.6 Å². The van der Waals surface area contributed by atoms with Crippen LogP contribution in [0.25, 0.3) is 5.65 Å². The molecular weight excluding hydrogens is 326 g/mol. The number of aromatic nitrogens is 4. The van der Waals surface area contributed by atoms with Crippen molar-refractivity contribution < 1.29 is 8.78 Å². The molecule has 0 N–H and O–H groups in total. The zero-order valence-corrected chi connectivity index (χ0v) is 14.1. The molecule has 0 aromatic carbocycles. The molecule has 2 aliphatic carbocycles. The summed E-state index contributed by atoms with van der Waals surface area (Å²) in [5, 5.41) is 11.7. The van der Waals surface area contributed by atoms with Crippen molar-refractivity contribution in [2.75, 3.05) is 31.1 Å². The maximum atomic E-state index is 13.0. The first kappa shape index (κ1) is 15.4. The van der Waals surface area contributed by atoms with Gasteiger partial charge in [0.2, 0.25) is 5.82 Å². The smallest absolute Gasteiger partial charge is 0.299 e. The van der Waals surface area contributed by atoms with Crippen LogP contribution in [0.1, 0.15) is 37.9 Å². The Kier molecular flexibility index (Phi) is 3.62. The molecule has 134 valence electrons. The fraction of sp³-hybridized carbons (Fsp3) is 0.706. The van der Waals surface area contributed by atoms with Crippen molar-refractivity contribution in [1.82, 2.24) is 24.7 Å². The fourth-order valence-corrected chi connectivity index (χ4v) is 5.04. The first-order valence-electron chi connectivity index (χ1n) is 9.18. The van der Waals surface area contributed by atoms with E-state index in [-0.39, 0.29) is 0 Å². The van der Waals surface area contributed by atoms with Gasteiger partial charge in [0.1, 0.15) is 5.82 Å². The number of halogens is 2. The summed E-state index contributed by atoms with van der Waals surface area (Å²) in [6.07, 6.45) is 2.95. The number of anilines is 1. The lowest BCUT2D eigenvalue weighted by Crippen LogP contribution is -2.52. The molecule has 2 aromatic heterocycles. The van der Waals surface area contributed by atoms with Crippen molar-refractivity contribution >= 4 is 11.5 Å². The standard InChI is InChI=1S/C17H22F2N6/c18-16(19)17-21-20-14-3-4-15(22-25(14)17)24-7-5-23(6-8-24)13-10-11-1-2-12(13)9-11/h3-4,11-13,16H,1-2,5-10H2/t11-,12-,13-/m0/s1. The first-order valence-corrected chi connectivity index (χ1v) is 9.18. The van der Waals surface area contributed by atoms with Gasteiger partial charge >= 0.3 is 0 Å². The Morgan fingerprint density at radius 3 is 2.52 bits per heavy atom. The molecule has 25 heavy (non-hydrogen) atoms. The lowest BCUT2D eigenvalue weighted by Gasteiger charge is -2.41. The van der Waals surface area contributed by atoms with Gasteiger partial charge in [-0.25, -0.2) is 8.78 Å². The average Bonchev–Trinajstić information content (AvgIpc) is 3.36. The van der Waals surface area contributed by atoms with Crippen molar-refractivity contribution in [1.29, 1.82) is 0 Å². The fourth-order valence-electron chi connectivity index (χ4n) is 5.04. The van der Waals surface area contributed by atoms with E-state index >= 15 is 0 Å². The second-order valence-electron chi connectivity index (χ2n) is 7.59. The molecule has 8 heteroatoms. The van der Waals surface area contributed by atoms with E-state index < -0.39 is 12.2 Å². The Balaban J connectivity index is 1.30. The Morgan fingerprint density at radius 1 is 1.00 bits per heavy atom. The van der Waals surface area contributed by atoms with Gasteiger partial charge in [-0.2, -0.15) is 4.52 Å².